The molecule has 260 valence electrons. The Balaban J connectivity index is 1.42. The molecule has 0 aliphatic heterocycles. The standard InChI is InChI=1S/C51H41N3/c1-5-19-39(20-6-2)52(48(7-3)44-28-16-14-21-37(44)4)42-31-33-46-47-34-32-43(36-51(47)54(50(46)35-42)41-26-12-9-13-27-41)53(40-24-10-8-11-25-40)49-30-18-23-38-22-15-17-29-45(38)49/h5-36H,1,3-4H2,2H3/b20-6-,39-19+,48-44+. The molecule has 0 fully saturated rings. The number of hydrogen-bond donors (Lipinski definition) is 0. The van der Waals surface area contributed by atoms with Gasteiger partial charge in [0.25, 0.3) is 0 Å². The molecule has 0 spiro atoms. The lowest BCUT2D eigenvalue weighted by Gasteiger charge is -2.28. The Morgan fingerprint density at radius 2 is 1.22 bits per heavy atom. The van der Waals surface area contributed by atoms with Crippen LogP contribution < -0.4 is 20.2 Å². The summed E-state index contributed by atoms with van der Waals surface area (Å²) in [5, 5.41) is 6.67. The van der Waals surface area contributed by atoms with E-state index in [-0.39, 0.29) is 0 Å². The van der Waals surface area contributed by atoms with Gasteiger partial charge < -0.3 is 14.4 Å². The van der Waals surface area contributed by atoms with Crippen LogP contribution in [0.1, 0.15) is 6.92 Å². The quantitative estimate of drug-likeness (QED) is 0.132. The van der Waals surface area contributed by atoms with E-state index >= 15 is 0 Å². The van der Waals surface area contributed by atoms with Crippen LogP contribution in [-0.2, 0) is 0 Å². The van der Waals surface area contributed by atoms with Gasteiger partial charge in [0.15, 0.2) is 0 Å². The highest BCUT2D eigenvalue weighted by Crippen LogP contribution is 2.42. The minimum atomic E-state index is 0.928. The Morgan fingerprint density at radius 3 is 1.93 bits per heavy atom. The van der Waals surface area contributed by atoms with E-state index in [2.05, 4.69) is 192 Å². The van der Waals surface area contributed by atoms with Crippen LogP contribution in [0.3, 0.4) is 0 Å². The van der Waals surface area contributed by atoms with Crippen molar-refractivity contribution < 1.29 is 0 Å². The molecule has 0 saturated carbocycles. The van der Waals surface area contributed by atoms with Gasteiger partial charge in [0.05, 0.1) is 22.4 Å². The van der Waals surface area contributed by atoms with Crippen LogP contribution in [0.5, 0.6) is 0 Å². The van der Waals surface area contributed by atoms with E-state index < -0.39 is 0 Å². The Kier molecular flexibility index (Phi) is 9.36. The minimum Gasteiger partial charge on any atom is -0.310 e. The van der Waals surface area contributed by atoms with Gasteiger partial charge in [0.2, 0.25) is 0 Å². The van der Waals surface area contributed by atoms with Gasteiger partial charge in [-0.3, -0.25) is 0 Å². The van der Waals surface area contributed by atoms with Gasteiger partial charge in [0.1, 0.15) is 0 Å². The van der Waals surface area contributed by atoms with Crippen LogP contribution in [-0.4, -0.2) is 4.57 Å². The Bertz CT molecular complexity index is 2840. The van der Waals surface area contributed by atoms with Gasteiger partial charge in [-0.15, -0.1) is 0 Å². The van der Waals surface area contributed by atoms with Crippen molar-refractivity contribution in [2.24, 2.45) is 0 Å². The van der Waals surface area contributed by atoms with Crippen molar-refractivity contribution >= 4 is 67.6 Å². The lowest BCUT2D eigenvalue weighted by Crippen LogP contribution is -2.32. The second-order valence-electron chi connectivity index (χ2n) is 13.2. The first-order valence-corrected chi connectivity index (χ1v) is 18.2. The van der Waals surface area contributed by atoms with Crippen molar-refractivity contribution in [1.29, 1.82) is 0 Å². The molecule has 0 bridgehead atoms. The topological polar surface area (TPSA) is 11.4 Å². The largest absolute Gasteiger partial charge is 0.310 e. The molecule has 0 amide bonds. The molecule has 3 nitrogen and oxygen atoms in total. The number of allylic oxidation sites excluding steroid dienone is 4. The van der Waals surface area contributed by atoms with Gasteiger partial charge in [-0.25, -0.2) is 0 Å². The van der Waals surface area contributed by atoms with Gasteiger partial charge in [-0.05, 0) is 90.4 Å². The zero-order valence-electron chi connectivity index (χ0n) is 30.4. The van der Waals surface area contributed by atoms with Crippen LogP contribution in [0.15, 0.2) is 213 Å². The number of fused-ring (bicyclic) bond motifs is 4. The first kappa shape index (κ1) is 34.0. The van der Waals surface area contributed by atoms with Crippen LogP contribution in [0, 0.1) is 0 Å². The predicted octanol–water partition coefficient (Wildman–Crippen LogP) is 12.3. The van der Waals surface area contributed by atoms with Gasteiger partial charge in [-0.1, -0.05) is 141 Å². The zero-order valence-corrected chi connectivity index (χ0v) is 30.4. The molecule has 7 aromatic carbocycles. The molecule has 1 aromatic heterocycles. The first-order chi connectivity index (χ1) is 26.6. The molecule has 0 atom stereocenters. The number of para-hydroxylation sites is 2. The fourth-order valence-corrected chi connectivity index (χ4v) is 7.55. The average molecular weight is 696 g/mol. The van der Waals surface area contributed by atoms with Crippen LogP contribution in [0.4, 0.5) is 22.7 Å². The molecule has 0 saturated heterocycles. The Hall–Kier alpha value is -7.10. The molecule has 3 heteroatoms. The van der Waals surface area contributed by atoms with Crippen molar-refractivity contribution in [3.8, 4) is 5.69 Å². The highest BCUT2D eigenvalue weighted by Gasteiger charge is 2.21. The van der Waals surface area contributed by atoms with E-state index in [9.17, 15) is 0 Å². The fraction of sp³-hybridized carbons (Fsp3) is 0.0196. The van der Waals surface area contributed by atoms with Crippen LogP contribution >= 0.6 is 0 Å². The molecule has 0 radical (unpaired) electrons. The molecule has 0 N–H and O–H groups in total. The summed E-state index contributed by atoms with van der Waals surface area (Å²) in [5.41, 5.74) is 9.48. The number of rotatable bonds is 10. The summed E-state index contributed by atoms with van der Waals surface area (Å²) in [6.45, 7) is 14.8. The molecular formula is C51H41N3. The molecule has 8 aromatic rings. The van der Waals surface area contributed by atoms with Gasteiger partial charge in [0, 0.05) is 49.8 Å². The monoisotopic (exact) mass is 695 g/mol. The number of aromatic nitrogens is 1. The summed E-state index contributed by atoms with van der Waals surface area (Å²) in [7, 11) is 0. The number of anilines is 4. The van der Waals surface area contributed by atoms with Gasteiger partial charge >= 0.3 is 0 Å². The van der Waals surface area contributed by atoms with Crippen molar-refractivity contribution in [2.45, 2.75) is 6.92 Å². The third kappa shape index (κ3) is 6.12. The SMILES string of the molecule is C=C/C=C(\C=C/C)N(/C(C=C)=c1\ccccc1=C)c1ccc2c3ccc(N(c4ccccc4)c4cccc5ccccc45)cc3n(-c3ccccc3)c2c1. The van der Waals surface area contributed by atoms with Crippen molar-refractivity contribution in [1.82, 2.24) is 4.57 Å². The first-order valence-electron chi connectivity index (χ1n) is 18.2. The van der Waals surface area contributed by atoms with Crippen molar-refractivity contribution in [3.05, 3.63) is 223 Å². The summed E-state index contributed by atoms with van der Waals surface area (Å²) in [5.74, 6) is 0. The van der Waals surface area contributed by atoms with Crippen LogP contribution in [0.25, 0.3) is 50.5 Å². The van der Waals surface area contributed by atoms with Crippen LogP contribution in [0.2, 0.25) is 0 Å². The van der Waals surface area contributed by atoms with E-state index in [1.807, 2.05) is 43.4 Å². The van der Waals surface area contributed by atoms with E-state index in [1.165, 1.54) is 21.5 Å². The lowest BCUT2D eigenvalue weighted by molar-refractivity contribution is 1.17. The molecule has 0 aliphatic rings. The molecule has 8 rings (SSSR count). The highest BCUT2D eigenvalue weighted by atomic mass is 15.2. The summed E-state index contributed by atoms with van der Waals surface area (Å²) in [6.07, 6.45) is 9.93. The summed E-state index contributed by atoms with van der Waals surface area (Å²) in [6, 6.07) is 58.2. The van der Waals surface area contributed by atoms with E-state index in [1.54, 1.807) is 0 Å². The highest BCUT2D eigenvalue weighted by molar-refractivity contribution is 6.12. The van der Waals surface area contributed by atoms with E-state index in [4.69, 9.17) is 0 Å². The van der Waals surface area contributed by atoms with Crippen molar-refractivity contribution in [2.75, 3.05) is 9.80 Å². The normalized spacial score (nSPS) is 12.4. The van der Waals surface area contributed by atoms with Crippen molar-refractivity contribution in [3.63, 3.8) is 0 Å². The lowest BCUT2D eigenvalue weighted by atomic mass is 10.1. The van der Waals surface area contributed by atoms with Gasteiger partial charge in [-0.2, -0.15) is 0 Å². The zero-order chi connectivity index (χ0) is 37.0. The number of hydrogen-bond acceptors (Lipinski definition) is 2. The summed E-state index contributed by atoms with van der Waals surface area (Å²) < 4.78 is 2.39. The average Bonchev–Trinajstić information content (AvgIpc) is 3.54. The summed E-state index contributed by atoms with van der Waals surface area (Å²) in [4.78, 5) is 4.61. The fourth-order valence-electron chi connectivity index (χ4n) is 7.55. The smallest absolute Gasteiger partial charge is 0.0561 e. The second kappa shape index (κ2) is 14.9. The molecular weight excluding hydrogens is 655 g/mol. The summed E-state index contributed by atoms with van der Waals surface area (Å²) >= 11 is 0. The van der Waals surface area contributed by atoms with E-state index in [0.717, 1.165) is 61.3 Å². The maximum absolute atomic E-state index is 4.37. The maximum atomic E-state index is 4.37. The van der Waals surface area contributed by atoms with E-state index in [0.29, 0.717) is 0 Å². The Morgan fingerprint density at radius 1 is 0.593 bits per heavy atom. The molecule has 54 heavy (non-hydrogen) atoms. The number of nitrogens with zero attached hydrogens (tertiary/aromatic N) is 3. The molecule has 1 heterocycles. The third-order valence-electron chi connectivity index (χ3n) is 9.90. The maximum Gasteiger partial charge on any atom is 0.0561 e. The Labute approximate surface area is 317 Å². The number of benzene rings is 7. The molecule has 0 unspecified atom stereocenters. The minimum absolute atomic E-state index is 0.928. The molecule has 0 aliphatic carbocycles. The third-order valence-corrected chi connectivity index (χ3v) is 9.90. The predicted molar refractivity (Wildman–Crippen MR) is 233 cm³/mol. The second-order valence-corrected chi connectivity index (χ2v) is 13.2.